The predicted octanol–water partition coefficient (Wildman–Crippen LogP) is 1.40. The van der Waals surface area contributed by atoms with Crippen LogP contribution >= 0.6 is 0 Å². The van der Waals surface area contributed by atoms with Gasteiger partial charge >= 0.3 is 0 Å². The van der Waals surface area contributed by atoms with Crippen molar-refractivity contribution in [1.82, 2.24) is 25.2 Å². The summed E-state index contributed by atoms with van der Waals surface area (Å²) in [6.45, 7) is 10.6. The third-order valence-electron chi connectivity index (χ3n) is 6.28. The first-order chi connectivity index (χ1) is 14.8. The zero-order valence-corrected chi connectivity index (χ0v) is 18.4. The van der Waals surface area contributed by atoms with E-state index in [4.69, 9.17) is 9.47 Å². The Balaban J connectivity index is 1.69. The number of ether oxygens (including phenoxy) is 2. The molecule has 0 amide bonds. The van der Waals surface area contributed by atoms with Crippen LogP contribution in [-0.2, 0) is 5.54 Å². The third-order valence-corrected chi connectivity index (χ3v) is 6.28. The first-order valence-corrected chi connectivity index (χ1v) is 10.9. The Morgan fingerprint density at radius 2 is 2.00 bits per heavy atom. The van der Waals surface area contributed by atoms with E-state index in [9.17, 15) is 4.79 Å². The van der Waals surface area contributed by atoms with Gasteiger partial charge in [0.05, 0.1) is 29.7 Å². The molecule has 0 bridgehead atoms. The van der Waals surface area contributed by atoms with Gasteiger partial charge in [0.25, 0.3) is 5.56 Å². The van der Waals surface area contributed by atoms with Crippen LogP contribution in [0.4, 0.5) is 0 Å². The normalized spacial score (nSPS) is 22.1. The Morgan fingerprint density at radius 1 is 1.23 bits per heavy atom. The van der Waals surface area contributed by atoms with E-state index in [2.05, 4.69) is 48.2 Å². The summed E-state index contributed by atoms with van der Waals surface area (Å²) in [5.41, 5.74) is 0.989. The summed E-state index contributed by atoms with van der Waals surface area (Å²) in [4.78, 5) is 17.7. The molecule has 0 spiro atoms. The van der Waals surface area contributed by atoms with E-state index in [1.807, 2.05) is 22.9 Å². The lowest BCUT2D eigenvalue weighted by Gasteiger charge is -2.34. The molecule has 0 radical (unpaired) electrons. The van der Waals surface area contributed by atoms with Crippen molar-refractivity contribution in [2.45, 2.75) is 52.1 Å². The molecular formula is C22H29N6O3+. The number of likely N-dealkylation sites (tertiary alicyclic amines) is 1. The van der Waals surface area contributed by atoms with E-state index in [-0.39, 0.29) is 23.9 Å². The van der Waals surface area contributed by atoms with E-state index in [1.165, 1.54) is 11.3 Å². The van der Waals surface area contributed by atoms with Crippen molar-refractivity contribution >= 4 is 10.9 Å². The number of fused-ring (bicyclic) bond motifs is 2. The van der Waals surface area contributed by atoms with Gasteiger partial charge in [-0.1, -0.05) is 6.92 Å². The first-order valence-electron chi connectivity index (χ1n) is 10.9. The van der Waals surface area contributed by atoms with E-state index in [1.54, 1.807) is 0 Å². The lowest BCUT2D eigenvalue weighted by molar-refractivity contribution is -0.934. The predicted molar refractivity (Wildman–Crippen MR) is 114 cm³/mol. The molecule has 31 heavy (non-hydrogen) atoms. The molecule has 3 atom stereocenters. The lowest BCUT2D eigenvalue weighted by atomic mass is 9.95. The van der Waals surface area contributed by atoms with Gasteiger partial charge < -0.3 is 19.4 Å². The second kappa shape index (κ2) is 7.33. The Bertz CT molecular complexity index is 1180. The molecule has 9 heteroatoms. The first kappa shape index (κ1) is 20.0. The summed E-state index contributed by atoms with van der Waals surface area (Å²) in [6, 6.07) is 5.46. The number of aromatic amines is 1. The summed E-state index contributed by atoms with van der Waals surface area (Å²) in [5.74, 6) is 2.65. The van der Waals surface area contributed by atoms with Gasteiger partial charge in [-0.05, 0) is 56.2 Å². The van der Waals surface area contributed by atoms with Crippen molar-refractivity contribution in [3.8, 4) is 11.5 Å². The quantitative estimate of drug-likeness (QED) is 0.658. The monoisotopic (exact) mass is 425 g/mol. The van der Waals surface area contributed by atoms with Crippen molar-refractivity contribution in [3.63, 3.8) is 0 Å². The number of H-pyrrole nitrogens is 1. The van der Waals surface area contributed by atoms with Crippen LogP contribution in [0.1, 0.15) is 58.0 Å². The van der Waals surface area contributed by atoms with Crippen LogP contribution in [0.15, 0.2) is 23.0 Å². The van der Waals surface area contributed by atoms with Crippen molar-refractivity contribution in [1.29, 1.82) is 0 Å². The largest absolute Gasteiger partial charge is 0.454 e. The standard InChI is InChI=1S/C22H28N6O3/c1-13-6-5-7-27(11-13)19(20-24-25-26-28(20)22(2,3)4)15-8-14-9-17-18(31-12-30-17)10-16(14)23-21(15)29/h8-10,13,19H,5-7,11-12H2,1-4H3,(H,23,29)/p+1/t13-,19+/m1/s1. The number of aromatic nitrogens is 5. The van der Waals surface area contributed by atoms with E-state index >= 15 is 0 Å². The minimum Gasteiger partial charge on any atom is -0.454 e. The lowest BCUT2D eigenvalue weighted by Crippen LogP contribution is -3.14. The van der Waals surface area contributed by atoms with Gasteiger partial charge in [-0.25, -0.2) is 4.68 Å². The number of pyridine rings is 1. The molecule has 1 unspecified atom stereocenters. The molecule has 1 saturated heterocycles. The zero-order chi connectivity index (χ0) is 21.8. The molecule has 2 aliphatic rings. The summed E-state index contributed by atoms with van der Waals surface area (Å²) in [7, 11) is 0. The zero-order valence-electron chi connectivity index (χ0n) is 18.4. The smallest absolute Gasteiger partial charge is 0.258 e. The van der Waals surface area contributed by atoms with Gasteiger partial charge in [-0.2, -0.15) is 0 Å². The second-order valence-corrected chi connectivity index (χ2v) is 9.76. The van der Waals surface area contributed by atoms with Gasteiger partial charge in [-0.3, -0.25) is 4.79 Å². The Kier molecular flexibility index (Phi) is 4.73. The highest BCUT2D eigenvalue weighted by Crippen LogP contribution is 2.35. The molecule has 0 saturated carbocycles. The molecule has 0 aliphatic carbocycles. The number of piperidine rings is 1. The number of quaternary nitrogens is 1. The Morgan fingerprint density at radius 3 is 2.74 bits per heavy atom. The van der Waals surface area contributed by atoms with Crippen LogP contribution < -0.4 is 19.9 Å². The summed E-state index contributed by atoms with van der Waals surface area (Å²) in [5, 5.41) is 13.6. The van der Waals surface area contributed by atoms with Crippen molar-refractivity contribution in [3.05, 3.63) is 39.9 Å². The topological polar surface area (TPSA) is 99.4 Å². The third kappa shape index (κ3) is 3.56. The average Bonchev–Trinajstić information content (AvgIpc) is 3.36. The fourth-order valence-electron chi connectivity index (χ4n) is 4.81. The van der Waals surface area contributed by atoms with Crippen molar-refractivity contribution in [2.75, 3.05) is 19.9 Å². The minimum absolute atomic E-state index is 0.120. The fraction of sp³-hybridized carbons (Fsp3) is 0.545. The molecule has 2 N–H and O–H groups in total. The highest BCUT2D eigenvalue weighted by atomic mass is 16.7. The highest BCUT2D eigenvalue weighted by Gasteiger charge is 2.38. The van der Waals surface area contributed by atoms with Crippen LogP contribution in [0.25, 0.3) is 10.9 Å². The van der Waals surface area contributed by atoms with Gasteiger partial charge in [0, 0.05) is 17.4 Å². The van der Waals surface area contributed by atoms with Gasteiger partial charge in [-0.15, -0.1) is 5.10 Å². The number of tetrazole rings is 1. The number of hydrogen-bond acceptors (Lipinski definition) is 6. The van der Waals surface area contributed by atoms with E-state index in [0.717, 1.165) is 36.2 Å². The molecule has 2 aliphatic heterocycles. The van der Waals surface area contributed by atoms with Crippen molar-refractivity contribution in [2.24, 2.45) is 5.92 Å². The van der Waals surface area contributed by atoms with Crippen LogP contribution in [-0.4, -0.2) is 45.1 Å². The van der Waals surface area contributed by atoms with E-state index in [0.29, 0.717) is 23.0 Å². The van der Waals surface area contributed by atoms with E-state index < -0.39 is 0 Å². The minimum atomic E-state index is -0.298. The van der Waals surface area contributed by atoms with Gasteiger partial charge in [0.1, 0.15) is 0 Å². The summed E-state index contributed by atoms with van der Waals surface area (Å²) in [6.07, 6.45) is 2.33. The average molecular weight is 426 g/mol. The number of nitrogens with zero attached hydrogens (tertiary/aromatic N) is 4. The van der Waals surface area contributed by atoms with Crippen LogP contribution in [0.3, 0.4) is 0 Å². The maximum absolute atomic E-state index is 13.3. The maximum atomic E-state index is 13.3. The summed E-state index contributed by atoms with van der Waals surface area (Å²) >= 11 is 0. The number of benzene rings is 1. The Labute approximate surface area is 180 Å². The molecule has 4 heterocycles. The van der Waals surface area contributed by atoms with Crippen LogP contribution in [0.5, 0.6) is 11.5 Å². The number of hydrogen-bond donors (Lipinski definition) is 2. The second-order valence-electron chi connectivity index (χ2n) is 9.76. The van der Waals surface area contributed by atoms with Gasteiger partial charge in [0.15, 0.2) is 17.5 Å². The van der Waals surface area contributed by atoms with Crippen LogP contribution in [0.2, 0.25) is 0 Å². The molecule has 164 valence electrons. The fourth-order valence-corrected chi connectivity index (χ4v) is 4.81. The molecule has 1 fully saturated rings. The number of nitrogens with one attached hydrogen (secondary N) is 2. The molecule has 5 rings (SSSR count). The maximum Gasteiger partial charge on any atom is 0.258 e. The molecule has 3 aromatic rings. The highest BCUT2D eigenvalue weighted by molar-refractivity contribution is 5.83. The summed E-state index contributed by atoms with van der Waals surface area (Å²) < 4.78 is 12.9. The van der Waals surface area contributed by atoms with Crippen molar-refractivity contribution < 1.29 is 14.4 Å². The number of rotatable bonds is 3. The molecule has 9 nitrogen and oxygen atoms in total. The SMILES string of the molecule is C[C@@H]1CCC[NH+]([C@@H](c2cc3cc4c(cc3[nH]c2=O)OCO4)c2nnnn2C(C)(C)C)C1. The molecule has 1 aromatic carbocycles. The molecule has 2 aromatic heterocycles. The van der Waals surface area contributed by atoms with Gasteiger partial charge in [0.2, 0.25) is 12.6 Å². The van der Waals surface area contributed by atoms with Crippen LogP contribution in [0, 0.1) is 5.92 Å². The molecular weight excluding hydrogens is 396 g/mol. The Hall–Kier alpha value is -2.94.